The third-order valence-electron chi connectivity index (χ3n) is 15.2. The predicted octanol–water partition coefficient (Wildman–Crippen LogP) is 4.02. The van der Waals surface area contributed by atoms with Crippen LogP contribution in [-0.4, -0.2) is 197 Å². The third-order valence-corrected chi connectivity index (χ3v) is 16.4. The van der Waals surface area contributed by atoms with Gasteiger partial charge in [-0.15, -0.1) is 34.4 Å². The molecule has 7 aliphatic heterocycles. The Morgan fingerprint density at radius 2 is 0.927 bits per heavy atom. The number of aliphatic carboxylic acids is 1. The van der Waals surface area contributed by atoms with Crippen molar-refractivity contribution >= 4 is 141 Å². The summed E-state index contributed by atoms with van der Waals surface area (Å²) in [4.78, 5) is 47.4. The average molecular weight is 1660 g/mol. The summed E-state index contributed by atoms with van der Waals surface area (Å²) in [5.41, 5.74) is 29.0. The van der Waals surface area contributed by atoms with Gasteiger partial charge in [0.05, 0.1) is 55.0 Å². The molecule has 0 bridgehead atoms. The summed E-state index contributed by atoms with van der Waals surface area (Å²) in [5, 5.41) is 57.9. The first-order valence-corrected chi connectivity index (χ1v) is 34.4. The predicted molar refractivity (Wildman–Crippen MR) is 423 cm³/mol. The number of fused-ring (bicyclic) bond motifs is 4. The van der Waals surface area contributed by atoms with E-state index in [0.717, 1.165) is 88.4 Å². The van der Waals surface area contributed by atoms with Crippen LogP contribution < -0.4 is 138 Å². The minimum Gasteiger partial charge on any atom is -0.813 e. The number of nitrogens with one attached hydrogen (secondary N) is 1. The molecule has 40 heteroatoms. The monoisotopic (exact) mass is 1660 g/mol. The molecule has 1 aromatic heterocycles. The fourth-order valence-corrected chi connectivity index (χ4v) is 10.8. The molecule has 3 saturated heterocycles. The zero-order valence-electron chi connectivity index (χ0n) is 59.3. The summed E-state index contributed by atoms with van der Waals surface area (Å²) in [6, 6.07) is 37.8. The fraction of sp³-hybridized carbons (Fsp3) is 0.271. The Morgan fingerprint density at radius 3 is 1.33 bits per heavy atom. The van der Waals surface area contributed by atoms with Gasteiger partial charge < -0.3 is 157 Å². The zero-order chi connectivity index (χ0) is 76.9. The first-order chi connectivity index (χ1) is 51.5. The Balaban J connectivity index is 0.000000243. The molecule has 7 aromatic carbocycles. The average Bonchev–Trinajstić information content (AvgIpc) is 1.61. The van der Waals surface area contributed by atoms with Crippen LogP contribution in [0, 0.1) is 0 Å². The Kier molecular flexibility index (Phi) is 38.5. The third kappa shape index (κ3) is 27.0. The van der Waals surface area contributed by atoms with Crippen molar-refractivity contribution in [1.82, 2.24) is 20.9 Å². The molecule has 0 saturated carbocycles. The number of morpholine rings is 3. The Bertz CT molecular complexity index is 4370. The number of hydrogen-bond acceptors (Lipinski definition) is 31. The van der Waals surface area contributed by atoms with Gasteiger partial charge in [0, 0.05) is 110 Å². The SMILES string of the molecule is CCO[C-]=S.N.NC(=O)C(N)=O.NC(=O)c1nnc(-c2cc3c(cc2O)OCO3)n1-c1ccc(N2CCOCC2)cc1.Nc1ccc(N2CCOCC2)cc1.O=C(O)CCl.Oc1cc2c(cc1C(=S)Nc1ccc(N3CCOCC3)cc1)OCO2.Oc1cc2c(cc1C(=S)S)OCO2.Oc1ccc2c(c1)OCO2.[K+].[SH-]. The molecule has 584 valence electrons. The van der Waals surface area contributed by atoms with Crippen LogP contribution in [0.1, 0.15) is 28.7 Å². The number of thiol groups is 2. The summed E-state index contributed by atoms with van der Waals surface area (Å²) in [5.74, 6) is 0.691. The number of nitrogen functional groups attached to an aromatic ring is 1. The smallest absolute Gasteiger partial charge is 0.813 e. The van der Waals surface area contributed by atoms with E-state index < -0.39 is 23.7 Å². The van der Waals surface area contributed by atoms with Crippen LogP contribution in [0.2, 0.25) is 0 Å². The van der Waals surface area contributed by atoms with Crippen LogP contribution in [0.5, 0.6) is 69.0 Å². The normalized spacial score (nSPS) is 13.7. The number of carbonyl (C=O) groups is 4. The second-order valence-corrected chi connectivity index (χ2v) is 24.2. The molecule has 0 radical (unpaired) electrons. The van der Waals surface area contributed by atoms with Gasteiger partial charge in [-0.1, -0.05) is 24.4 Å². The number of halogens is 1. The van der Waals surface area contributed by atoms with Crippen LogP contribution in [-0.2, 0) is 46.8 Å². The number of nitrogens with two attached hydrogens (primary N) is 4. The topological polar surface area (TPSA) is 472 Å². The molecular weight excluding hydrogens is 1580 g/mol. The van der Waals surface area contributed by atoms with Gasteiger partial charge in [0.2, 0.25) is 33.0 Å². The number of primary amides is 3. The molecule has 0 aliphatic carbocycles. The number of benzene rings is 7. The Morgan fingerprint density at radius 1 is 0.555 bits per heavy atom. The summed E-state index contributed by atoms with van der Waals surface area (Å²) < 4.78 is 63.8. The van der Waals surface area contributed by atoms with Crippen molar-refractivity contribution in [2.45, 2.75) is 6.92 Å². The summed E-state index contributed by atoms with van der Waals surface area (Å²) in [6.07, 6.45) is 0. The number of aromatic nitrogens is 3. The van der Waals surface area contributed by atoms with Gasteiger partial charge in [0.1, 0.15) is 33.9 Å². The number of rotatable bonds is 12. The molecule has 33 nitrogen and oxygen atoms in total. The summed E-state index contributed by atoms with van der Waals surface area (Å²) >= 11 is 23.1. The van der Waals surface area contributed by atoms with Gasteiger partial charge in [-0.3, -0.25) is 23.7 Å². The first kappa shape index (κ1) is 91.3. The number of ether oxygens (including phenoxy) is 12. The molecular formula is C70H79ClKN12O21S5-. The first-order valence-electron chi connectivity index (χ1n) is 32.2. The molecule has 3 amide bonds. The van der Waals surface area contributed by atoms with Crippen LogP contribution in [0.4, 0.5) is 28.4 Å². The second kappa shape index (κ2) is 46.4. The number of alkyl halides is 1. The second-order valence-electron chi connectivity index (χ2n) is 22.2. The quantitative estimate of drug-likeness (QED) is 0.0120. The van der Waals surface area contributed by atoms with E-state index >= 15 is 0 Å². The number of hydrogen-bond donors (Lipinski definition) is 12. The zero-order valence-corrected chi connectivity index (χ0v) is 67.4. The Hall–Kier alpha value is -9.30. The minimum atomic E-state index is -1.10. The van der Waals surface area contributed by atoms with E-state index in [-0.39, 0.29) is 139 Å². The molecule has 8 heterocycles. The van der Waals surface area contributed by atoms with E-state index in [2.05, 4.69) is 101 Å². The molecule has 0 spiro atoms. The van der Waals surface area contributed by atoms with Gasteiger partial charge in [0.25, 0.3) is 5.91 Å². The number of amides is 3. The number of phenolic OH excluding ortho intramolecular Hbond substituents is 4. The van der Waals surface area contributed by atoms with Gasteiger partial charge in [-0.25, -0.2) is 5.55 Å². The number of carboxylic acids is 1. The molecule has 8 aromatic rings. The number of aromatic hydroxyl groups is 4. The van der Waals surface area contributed by atoms with Crippen LogP contribution in [0.25, 0.3) is 17.1 Å². The van der Waals surface area contributed by atoms with Crippen molar-refractivity contribution in [1.29, 1.82) is 0 Å². The molecule has 0 unspecified atom stereocenters. The van der Waals surface area contributed by atoms with E-state index in [1.54, 1.807) is 30.3 Å². The van der Waals surface area contributed by atoms with Gasteiger partial charge in [-0.05, 0) is 110 Å². The maximum atomic E-state index is 12.0. The van der Waals surface area contributed by atoms with Crippen molar-refractivity contribution < 1.29 is 153 Å². The summed E-state index contributed by atoms with van der Waals surface area (Å²) in [7, 11) is 0. The number of carboxylic acid groups (broad SMARTS) is 1. The van der Waals surface area contributed by atoms with Gasteiger partial charge in [-0.2, -0.15) is 0 Å². The Labute approximate surface area is 707 Å². The van der Waals surface area contributed by atoms with Gasteiger partial charge in [0.15, 0.2) is 51.8 Å². The van der Waals surface area contributed by atoms with Crippen LogP contribution >= 0.6 is 60.9 Å². The van der Waals surface area contributed by atoms with Crippen LogP contribution in [0.15, 0.2) is 127 Å². The van der Waals surface area contributed by atoms with Crippen LogP contribution in [0.3, 0.4) is 0 Å². The number of carbonyl (C=O) groups excluding carboxylic acids is 3. The number of anilines is 5. The molecule has 7 aliphatic rings. The standard InChI is InChI=1S/C20H19N5O5.C18H18N2O4S.C10H14N2O.C8H6O3S2.C7H6O3.C3H5OS.C2H3ClO2.C2H4N2O2.K.H3N.H2S/c21-18(27)20-23-22-19(14-9-16-17(10-15(14)26)30-11-29-16)25(20)13-3-1-12(2-4-13)24-5-7-28-8-6-24;21-15-10-17-16(23-11-24-17)9-14(15)18(25)19-12-1-3-13(4-2-12)20-5-7-22-8-6-20;11-9-1-3-10(4-2-9)12-5-7-13-8-6-12;9-5-2-7-6(10-3-11-7)1-4(5)8(12)13;8-5-1-2-6-7(3-5)10-4-9-6;1-2-4-3-5;3-1-2(4)5;3-1(5)2(4)6;;;/h1-4,9-10,26H,5-8,11H2,(H2,21,27);1-4,9-10,21H,5-8,11H2,(H,19,25);1-4H,5-8,11H2;1-2,9H,3H2,(H,12,13);1-3,8H,4H2;2H2,1H3;1H2,(H,4,5);(H2,3,5)(H2,4,6);;1H3;1H2/q;;;;;-1;;;+1;;/p-1. The maximum Gasteiger partial charge on any atom is 1.00 e. The molecule has 3 fully saturated rings. The van der Waals surface area contributed by atoms with Crippen molar-refractivity contribution in [3.05, 3.63) is 144 Å². The van der Waals surface area contributed by atoms with E-state index in [4.69, 9.17) is 110 Å². The van der Waals surface area contributed by atoms with E-state index in [1.165, 1.54) is 34.5 Å². The van der Waals surface area contributed by atoms with Crippen molar-refractivity contribution in [2.75, 3.05) is 144 Å². The maximum absolute atomic E-state index is 12.0. The van der Waals surface area contributed by atoms with Gasteiger partial charge >= 0.3 is 69.2 Å². The van der Waals surface area contributed by atoms with Crippen molar-refractivity contribution in [3.8, 4) is 86.1 Å². The van der Waals surface area contributed by atoms with E-state index in [9.17, 15) is 34.5 Å². The molecule has 0 atom stereocenters. The van der Waals surface area contributed by atoms with E-state index in [1.807, 2.05) is 55.5 Å². The number of phenols is 4. The largest absolute Gasteiger partial charge is 1.00 e. The van der Waals surface area contributed by atoms with E-state index in [0.29, 0.717) is 97.4 Å². The molecule has 15 rings (SSSR count). The fourth-order valence-electron chi connectivity index (χ4n) is 10.0. The molecule has 110 heavy (non-hydrogen) atoms. The summed E-state index contributed by atoms with van der Waals surface area (Å²) in [6.45, 7) is 13.1. The number of nitrogens with zero attached hydrogens (tertiary/aromatic N) is 6. The minimum absolute atomic E-state index is 0. The van der Waals surface area contributed by atoms with Crippen molar-refractivity contribution in [2.24, 2.45) is 17.2 Å². The number of thiocarbonyl (C=S) groups is 3. The molecule has 17 N–H and O–H groups in total. The van der Waals surface area contributed by atoms with Crippen molar-refractivity contribution in [3.63, 3.8) is 0 Å².